The summed E-state index contributed by atoms with van der Waals surface area (Å²) < 4.78 is 1.62. The lowest BCUT2D eigenvalue weighted by Crippen LogP contribution is -2.27. The molecule has 2 aromatic carbocycles. The molecule has 37 heavy (non-hydrogen) atoms. The lowest BCUT2D eigenvalue weighted by molar-refractivity contribution is -0.137. The fraction of sp³-hybridized carbons (Fsp3) is 0.269. The van der Waals surface area contributed by atoms with Gasteiger partial charge < -0.3 is 27.2 Å². The Morgan fingerprint density at radius 2 is 1.59 bits per heavy atom. The number of aliphatic imine (C=N–C) groups is 1. The molecular weight excluding hydrogens is 474 g/mol. The van der Waals surface area contributed by atoms with Crippen molar-refractivity contribution in [2.24, 2.45) is 16.5 Å². The maximum Gasteiger partial charge on any atom is 0.303 e. The Bertz CT molecular complexity index is 1240. The second kappa shape index (κ2) is 13.4. The monoisotopic (exact) mass is 505 g/mol. The molecule has 11 nitrogen and oxygen atoms in total. The number of guanidine groups is 1. The van der Waals surface area contributed by atoms with Crippen LogP contribution in [0.25, 0.3) is 16.9 Å². The van der Waals surface area contributed by atoms with Gasteiger partial charge in [-0.2, -0.15) is 5.10 Å². The number of carboxylic acid groups (broad SMARTS) is 1. The Labute approximate surface area is 214 Å². The van der Waals surface area contributed by atoms with Crippen LogP contribution >= 0.6 is 0 Å². The Morgan fingerprint density at radius 3 is 2.24 bits per heavy atom. The minimum atomic E-state index is -0.943. The van der Waals surface area contributed by atoms with E-state index >= 15 is 0 Å². The summed E-state index contributed by atoms with van der Waals surface area (Å²) >= 11 is 0. The zero-order valence-electron chi connectivity index (χ0n) is 20.4. The van der Waals surface area contributed by atoms with Crippen LogP contribution in [0, 0.1) is 0 Å². The van der Waals surface area contributed by atoms with E-state index in [0.29, 0.717) is 30.8 Å². The van der Waals surface area contributed by atoms with E-state index in [2.05, 4.69) is 20.7 Å². The molecule has 0 radical (unpaired) electrons. The predicted octanol–water partition coefficient (Wildman–Crippen LogP) is 2.52. The third-order valence-electron chi connectivity index (χ3n) is 5.37. The van der Waals surface area contributed by atoms with Crippen LogP contribution in [0.2, 0.25) is 0 Å². The van der Waals surface area contributed by atoms with Gasteiger partial charge in [-0.1, -0.05) is 48.5 Å². The van der Waals surface area contributed by atoms with Crippen molar-refractivity contribution in [3.05, 3.63) is 66.4 Å². The quantitative estimate of drug-likeness (QED) is 0.134. The number of anilines is 1. The van der Waals surface area contributed by atoms with Crippen molar-refractivity contribution in [1.29, 1.82) is 0 Å². The average Bonchev–Trinajstić information content (AvgIpc) is 3.26. The van der Waals surface area contributed by atoms with Gasteiger partial charge in [-0.3, -0.25) is 19.4 Å². The van der Waals surface area contributed by atoms with E-state index in [-0.39, 0.29) is 49.1 Å². The number of carbonyl (C=O) groups excluding carboxylic acids is 2. The summed E-state index contributed by atoms with van der Waals surface area (Å²) in [6, 6.07) is 18.6. The first-order valence-electron chi connectivity index (χ1n) is 12.0. The Balaban J connectivity index is 1.95. The lowest BCUT2D eigenvalue weighted by Gasteiger charge is -2.11. The number of unbranched alkanes of at least 4 members (excludes halogenated alkanes) is 1. The van der Waals surface area contributed by atoms with Gasteiger partial charge in [0, 0.05) is 31.5 Å². The van der Waals surface area contributed by atoms with Crippen LogP contribution in [0.3, 0.4) is 0 Å². The summed E-state index contributed by atoms with van der Waals surface area (Å²) in [5, 5.41) is 19.1. The highest BCUT2D eigenvalue weighted by molar-refractivity contribution is 6.06. The normalized spacial score (nSPS) is 10.5. The number of aromatic nitrogens is 2. The van der Waals surface area contributed by atoms with Gasteiger partial charge in [-0.15, -0.1) is 0 Å². The molecule has 0 aliphatic carbocycles. The van der Waals surface area contributed by atoms with E-state index in [1.807, 2.05) is 60.7 Å². The zero-order valence-corrected chi connectivity index (χ0v) is 20.4. The predicted molar refractivity (Wildman–Crippen MR) is 141 cm³/mol. The minimum Gasteiger partial charge on any atom is -0.481 e. The lowest BCUT2D eigenvalue weighted by atomic mass is 10.1. The van der Waals surface area contributed by atoms with Crippen molar-refractivity contribution in [2.75, 3.05) is 18.4 Å². The van der Waals surface area contributed by atoms with E-state index in [0.717, 1.165) is 5.56 Å². The highest BCUT2D eigenvalue weighted by Gasteiger charge is 2.26. The van der Waals surface area contributed by atoms with Crippen LogP contribution in [-0.4, -0.2) is 51.7 Å². The molecular formula is C26H31N7O4. The van der Waals surface area contributed by atoms with Crippen molar-refractivity contribution in [3.8, 4) is 16.9 Å². The molecule has 0 saturated heterocycles. The average molecular weight is 506 g/mol. The number of nitrogens with two attached hydrogens (primary N) is 2. The number of amides is 2. The first kappa shape index (κ1) is 26.9. The number of nitrogens with one attached hydrogen (secondary N) is 2. The fourth-order valence-electron chi connectivity index (χ4n) is 3.65. The molecule has 0 aliphatic heterocycles. The van der Waals surface area contributed by atoms with E-state index < -0.39 is 11.9 Å². The van der Waals surface area contributed by atoms with Crippen molar-refractivity contribution in [2.45, 2.75) is 32.1 Å². The van der Waals surface area contributed by atoms with Gasteiger partial charge >= 0.3 is 5.97 Å². The third kappa shape index (κ3) is 7.92. The molecule has 3 rings (SSSR count). The van der Waals surface area contributed by atoms with Crippen LogP contribution in [0.15, 0.2) is 65.7 Å². The number of carbonyl (C=O) groups is 3. The smallest absolute Gasteiger partial charge is 0.303 e. The largest absolute Gasteiger partial charge is 0.481 e. The Morgan fingerprint density at radius 1 is 0.919 bits per heavy atom. The van der Waals surface area contributed by atoms with Crippen molar-refractivity contribution >= 4 is 29.4 Å². The maximum atomic E-state index is 13.2. The number of hydrogen-bond donors (Lipinski definition) is 5. The van der Waals surface area contributed by atoms with Crippen LogP contribution < -0.4 is 22.1 Å². The molecule has 1 aromatic heterocycles. The third-order valence-corrected chi connectivity index (χ3v) is 5.37. The Kier molecular flexibility index (Phi) is 9.77. The van der Waals surface area contributed by atoms with Crippen LogP contribution in [0.1, 0.15) is 42.6 Å². The molecule has 0 unspecified atom stereocenters. The van der Waals surface area contributed by atoms with E-state index in [4.69, 9.17) is 16.6 Å². The minimum absolute atomic E-state index is 0.00397. The summed E-state index contributed by atoms with van der Waals surface area (Å²) in [5.41, 5.74) is 13.0. The molecule has 1 heterocycles. The molecule has 194 valence electrons. The van der Waals surface area contributed by atoms with Gasteiger partial charge in [0.25, 0.3) is 5.91 Å². The molecule has 0 aliphatic rings. The SMILES string of the molecule is NC(N)=NCCCCC(=O)Nc1c(C(=O)NCCCC(=O)O)nn(-c2ccccc2)c1-c1ccccc1. The molecule has 3 aromatic rings. The first-order valence-corrected chi connectivity index (χ1v) is 12.0. The second-order valence-corrected chi connectivity index (χ2v) is 8.25. The molecule has 11 heteroatoms. The van der Waals surface area contributed by atoms with Crippen LogP contribution in [-0.2, 0) is 9.59 Å². The van der Waals surface area contributed by atoms with Gasteiger partial charge in [0.15, 0.2) is 11.7 Å². The van der Waals surface area contributed by atoms with Gasteiger partial charge in [0.1, 0.15) is 5.69 Å². The number of carboxylic acids is 1. The molecule has 0 fully saturated rings. The number of aliphatic carboxylic acids is 1. The highest BCUT2D eigenvalue weighted by atomic mass is 16.4. The van der Waals surface area contributed by atoms with Gasteiger partial charge in [-0.05, 0) is 31.4 Å². The van der Waals surface area contributed by atoms with Crippen LogP contribution in [0.5, 0.6) is 0 Å². The highest BCUT2D eigenvalue weighted by Crippen LogP contribution is 2.34. The van der Waals surface area contributed by atoms with E-state index in [9.17, 15) is 14.4 Å². The number of para-hydroxylation sites is 1. The van der Waals surface area contributed by atoms with Crippen molar-refractivity contribution in [1.82, 2.24) is 15.1 Å². The molecule has 0 saturated carbocycles. The molecule has 0 atom stereocenters. The summed E-state index contributed by atoms with van der Waals surface area (Å²) in [7, 11) is 0. The van der Waals surface area contributed by atoms with Gasteiger partial charge in [0.05, 0.1) is 11.4 Å². The standard InChI is InChI=1S/C26H31N7O4/c27-26(28)30-16-8-7-14-20(34)31-22-23(25(37)29-17-9-15-21(35)36)32-33(19-12-5-2-6-13-19)24(22)18-10-3-1-4-11-18/h1-6,10-13H,7-9,14-17H2,(H,29,37)(H,31,34)(H,35,36)(H4,27,28,30). The number of benzene rings is 2. The summed E-state index contributed by atoms with van der Waals surface area (Å²) in [4.78, 5) is 40.8. The Hall–Kier alpha value is -4.67. The summed E-state index contributed by atoms with van der Waals surface area (Å²) in [6.45, 7) is 0.572. The van der Waals surface area contributed by atoms with E-state index in [1.165, 1.54) is 0 Å². The molecule has 0 spiro atoms. The van der Waals surface area contributed by atoms with E-state index in [1.54, 1.807) is 4.68 Å². The molecule has 2 amide bonds. The van der Waals surface area contributed by atoms with Gasteiger partial charge in [0.2, 0.25) is 5.91 Å². The summed E-state index contributed by atoms with van der Waals surface area (Å²) in [5.74, 6) is -1.74. The maximum absolute atomic E-state index is 13.2. The molecule has 7 N–H and O–H groups in total. The second-order valence-electron chi connectivity index (χ2n) is 8.25. The number of hydrogen-bond acceptors (Lipinski definition) is 5. The number of nitrogens with zero attached hydrogens (tertiary/aromatic N) is 3. The number of rotatable bonds is 13. The zero-order chi connectivity index (χ0) is 26.6. The molecule has 0 bridgehead atoms. The van der Waals surface area contributed by atoms with Crippen molar-refractivity contribution < 1.29 is 19.5 Å². The summed E-state index contributed by atoms with van der Waals surface area (Å²) in [6.07, 6.45) is 1.56. The van der Waals surface area contributed by atoms with Gasteiger partial charge in [-0.25, -0.2) is 4.68 Å². The first-order chi connectivity index (χ1) is 17.9. The topological polar surface area (TPSA) is 178 Å². The van der Waals surface area contributed by atoms with Crippen molar-refractivity contribution in [3.63, 3.8) is 0 Å². The fourth-order valence-corrected chi connectivity index (χ4v) is 3.65. The van der Waals surface area contributed by atoms with Crippen LogP contribution in [0.4, 0.5) is 5.69 Å².